The molecule has 1 aliphatic rings. The number of furan rings is 1. The maximum Gasteiger partial charge on any atom is 0.120 e. The van der Waals surface area contributed by atoms with E-state index in [9.17, 15) is 4.39 Å². The van der Waals surface area contributed by atoms with Crippen LogP contribution in [-0.4, -0.2) is 18.0 Å². The average molecular weight is 823 g/mol. The Labute approximate surface area is 299 Å². The summed E-state index contributed by atoms with van der Waals surface area (Å²) in [5.74, 6) is -0.681. The van der Waals surface area contributed by atoms with Gasteiger partial charge < -0.3 is 14.4 Å². The monoisotopic (exact) mass is 823 g/mol. The van der Waals surface area contributed by atoms with Crippen molar-refractivity contribution in [3.63, 3.8) is 0 Å². The summed E-state index contributed by atoms with van der Waals surface area (Å²) in [4.78, 5) is 9.00. The van der Waals surface area contributed by atoms with E-state index in [1.807, 2.05) is 30.5 Å². The molecule has 3 aromatic carbocycles. The molecule has 0 saturated heterocycles. The van der Waals surface area contributed by atoms with Crippen LogP contribution >= 0.6 is 0 Å². The van der Waals surface area contributed by atoms with Crippen molar-refractivity contribution in [3.8, 4) is 22.5 Å². The number of pyridine rings is 2. The Hall–Kier alpha value is -3.44. The van der Waals surface area contributed by atoms with Gasteiger partial charge >= 0.3 is 0 Å². The number of fused-ring (bicyclic) bond motifs is 3. The average Bonchev–Trinajstić information content (AvgIpc) is 3.71. The Kier molecular flexibility index (Phi) is 9.32. The smallest absolute Gasteiger partial charge is 0.120 e. The fourth-order valence-corrected chi connectivity index (χ4v) is 8.02. The molecule has 3 heterocycles. The minimum absolute atomic E-state index is 0. The molecule has 0 atom stereocenters. The Balaban J connectivity index is 0.000000194. The second-order valence-corrected chi connectivity index (χ2v) is 18.6. The Morgan fingerprint density at radius 2 is 1.74 bits per heavy atom. The van der Waals surface area contributed by atoms with Gasteiger partial charge in [0, 0.05) is 49.2 Å². The van der Waals surface area contributed by atoms with E-state index < -0.39 is 26.6 Å². The van der Waals surface area contributed by atoms with Gasteiger partial charge in [0.05, 0.1) is 13.7 Å². The molecule has 3 aromatic heterocycles. The molecule has 6 heteroatoms. The molecule has 7 rings (SSSR count). The number of hydrogen-bond donors (Lipinski definition) is 0. The van der Waals surface area contributed by atoms with Gasteiger partial charge in [0.15, 0.2) is 0 Å². The van der Waals surface area contributed by atoms with Crippen LogP contribution in [0.1, 0.15) is 67.6 Å². The minimum Gasteiger partial charge on any atom is -0.501 e. The molecular formula is C41H43FIrN2OSi-2. The van der Waals surface area contributed by atoms with Gasteiger partial charge in [-0.2, -0.15) is 0 Å². The van der Waals surface area contributed by atoms with E-state index in [0.717, 1.165) is 62.4 Å². The van der Waals surface area contributed by atoms with Crippen molar-refractivity contribution in [3.05, 3.63) is 114 Å². The standard InChI is InChI=1S/C23H20NO.C18H23FNSi.Ir/c1-2-7-16(6-1)14-17-12-13-24-21(15-17)20-10-5-9-19-18-8-3-4-11-22(18)25-23(19)20;1-12(2)15-10-17(20-11-18(15)21(4,5)6)14-8-7-13(3)9-16(14)19;/h3-5,8-9,11-13,15-16H,1-2,6-7,14H2;7,9-12H,1-6H3;/q2*-1;/i;3D3,12D;. The molecule has 1 fully saturated rings. The van der Waals surface area contributed by atoms with Gasteiger partial charge in [-0.3, -0.25) is 4.39 Å². The summed E-state index contributed by atoms with van der Waals surface area (Å²) in [6, 6.07) is 26.7. The quantitative estimate of drug-likeness (QED) is 0.124. The van der Waals surface area contributed by atoms with E-state index in [0.29, 0.717) is 5.69 Å². The van der Waals surface area contributed by atoms with E-state index in [4.69, 9.17) is 9.90 Å². The molecule has 0 spiro atoms. The summed E-state index contributed by atoms with van der Waals surface area (Å²) in [5, 5.41) is 3.35. The molecule has 0 aliphatic heterocycles. The van der Waals surface area contributed by atoms with E-state index in [2.05, 4.69) is 66.0 Å². The van der Waals surface area contributed by atoms with Gasteiger partial charge in [-0.05, 0) is 46.9 Å². The largest absolute Gasteiger partial charge is 0.501 e. The van der Waals surface area contributed by atoms with Crippen molar-refractivity contribution in [2.24, 2.45) is 5.92 Å². The minimum atomic E-state index is -2.38. The summed E-state index contributed by atoms with van der Waals surface area (Å²) in [7, 11) is -1.72. The van der Waals surface area contributed by atoms with Crippen LogP contribution in [0.5, 0.6) is 0 Å². The number of halogens is 1. The van der Waals surface area contributed by atoms with E-state index >= 15 is 0 Å². The molecule has 6 aromatic rings. The third-order valence-electron chi connectivity index (χ3n) is 8.82. The summed E-state index contributed by atoms with van der Waals surface area (Å²) >= 11 is 0. The van der Waals surface area contributed by atoms with E-state index in [-0.39, 0.29) is 31.2 Å². The molecule has 1 saturated carbocycles. The second kappa shape index (κ2) is 14.8. The Morgan fingerprint density at radius 3 is 2.47 bits per heavy atom. The zero-order chi connectivity index (χ0) is 35.8. The van der Waals surface area contributed by atoms with Crippen molar-refractivity contribution >= 4 is 35.2 Å². The van der Waals surface area contributed by atoms with Gasteiger partial charge in [0.1, 0.15) is 5.58 Å². The Morgan fingerprint density at radius 1 is 0.979 bits per heavy atom. The molecule has 0 unspecified atom stereocenters. The van der Waals surface area contributed by atoms with E-state index in [1.165, 1.54) is 37.3 Å². The van der Waals surface area contributed by atoms with Gasteiger partial charge in [-0.25, -0.2) is 0 Å². The van der Waals surface area contributed by atoms with Crippen molar-refractivity contribution in [1.29, 1.82) is 0 Å². The van der Waals surface area contributed by atoms with Crippen molar-refractivity contribution < 1.29 is 34.4 Å². The van der Waals surface area contributed by atoms with Crippen LogP contribution in [0.25, 0.3) is 44.5 Å². The van der Waals surface area contributed by atoms with Gasteiger partial charge in [-0.1, -0.05) is 124 Å². The van der Waals surface area contributed by atoms with Gasteiger partial charge in [-0.15, -0.1) is 42.0 Å². The fraction of sp³-hybridized carbons (Fsp3) is 0.317. The van der Waals surface area contributed by atoms with E-state index in [1.54, 1.807) is 26.1 Å². The predicted molar refractivity (Wildman–Crippen MR) is 192 cm³/mol. The van der Waals surface area contributed by atoms with Crippen LogP contribution in [0.4, 0.5) is 4.39 Å². The number of para-hydroxylation sites is 1. The number of benzene rings is 3. The molecule has 1 aliphatic carbocycles. The summed E-state index contributed by atoms with van der Waals surface area (Å²) in [6.45, 7) is 7.75. The number of rotatable bonds is 6. The SMILES string of the molecule is [2H]C([2H])([2H])c1c[c-]c(-c2cc(C([2H])(C)C)c([Si](C)(C)C)cn2)c(F)c1.[Ir].[c-]1ccc2c(oc3ccccc32)c1-c1cc(CC2CCCC2)ccn1. The van der Waals surface area contributed by atoms with Crippen LogP contribution in [0.15, 0.2) is 83.5 Å². The first-order chi connectivity index (χ1) is 23.6. The van der Waals surface area contributed by atoms with Gasteiger partial charge in [0.2, 0.25) is 0 Å². The summed E-state index contributed by atoms with van der Waals surface area (Å²) < 4.78 is 51.2. The van der Waals surface area contributed by atoms with Crippen LogP contribution in [-0.2, 0) is 26.5 Å². The first-order valence-electron chi connectivity index (χ1n) is 18.1. The third-order valence-corrected chi connectivity index (χ3v) is 10.8. The Bertz CT molecular complexity index is 2150. The molecule has 47 heavy (non-hydrogen) atoms. The number of hydrogen-bond acceptors (Lipinski definition) is 3. The molecule has 0 bridgehead atoms. The summed E-state index contributed by atoms with van der Waals surface area (Å²) in [5.41, 5.74) is 6.32. The molecule has 1 radical (unpaired) electrons. The topological polar surface area (TPSA) is 38.9 Å². The summed E-state index contributed by atoms with van der Waals surface area (Å²) in [6.07, 6.45) is 10.3. The van der Waals surface area contributed by atoms with Crippen LogP contribution < -0.4 is 5.19 Å². The number of aromatic nitrogens is 2. The molecule has 3 nitrogen and oxygen atoms in total. The van der Waals surface area contributed by atoms with Crippen molar-refractivity contribution in [1.82, 2.24) is 9.97 Å². The molecular weight excluding hydrogens is 776 g/mol. The maximum absolute atomic E-state index is 14.5. The fourth-order valence-electron chi connectivity index (χ4n) is 6.44. The number of nitrogens with zero attached hydrogens (tertiary/aromatic N) is 2. The van der Waals surface area contributed by atoms with Crippen molar-refractivity contribution in [2.45, 2.75) is 78.3 Å². The normalized spacial score (nSPS) is 15.3. The third kappa shape index (κ3) is 7.83. The molecule has 245 valence electrons. The van der Waals surface area contributed by atoms with Crippen LogP contribution in [0.2, 0.25) is 19.6 Å². The first-order valence-corrected chi connectivity index (χ1v) is 19.6. The zero-order valence-electron chi connectivity index (χ0n) is 31.6. The zero-order valence-corrected chi connectivity index (χ0v) is 31.0. The van der Waals surface area contributed by atoms with Crippen LogP contribution in [0, 0.1) is 30.7 Å². The number of aryl methyl sites for hydroxylation is 1. The maximum atomic E-state index is 14.5. The second-order valence-electron chi connectivity index (χ2n) is 13.6. The van der Waals surface area contributed by atoms with Crippen LogP contribution in [0.3, 0.4) is 0 Å². The first kappa shape index (κ1) is 29.7. The van der Waals surface area contributed by atoms with Gasteiger partial charge in [0.25, 0.3) is 0 Å². The molecule has 0 amide bonds. The molecule has 0 N–H and O–H groups in total. The van der Waals surface area contributed by atoms with Crippen molar-refractivity contribution in [2.75, 3.05) is 0 Å². The predicted octanol–water partition coefficient (Wildman–Crippen LogP) is 10.8.